The van der Waals surface area contributed by atoms with Gasteiger partial charge in [0, 0.05) is 12.0 Å². The fraction of sp³-hybridized carbons (Fsp3) is 0.214. The standard InChI is InChI=1S/C14H14N4S/c15-13(19)10-6-7-16-18-14(10)17-12-8-11(12)9-4-2-1-3-5-9/h1-7,11-12H,8H2,(H2,15,19)(H,17,18). The molecule has 0 amide bonds. The molecule has 2 unspecified atom stereocenters. The predicted octanol–water partition coefficient (Wildman–Crippen LogP) is 2.08. The fourth-order valence-electron chi connectivity index (χ4n) is 2.24. The van der Waals surface area contributed by atoms with Gasteiger partial charge in [0.25, 0.3) is 0 Å². The van der Waals surface area contributed by atoms with Crippen molar-refractivity contribution in [2.24, 2.45) is 5.73 Å². The normalized spacial score (nSPS) is 20.8. The van der Waals surface area contributed by atoms with Gasteiger partial charge in [-0.3, -0.25) is 0 Å². The van der Waals surface area contributed by atoms with Crippen LogP contribution in [0.4, 0.5) is 5.82 Å². The summed E-state index contributed by atoms with van der Waals surface area (Å²) in [6.07, 6.45) is 2.69. The molecule has 0 spiro atoms. The largest absolute Gasteiger partial charge is 0.389 e. The van der Waals surface area contributed by atoms with Crippen LogP contribution < -0.4 is 11.1 Å². The summed E-state index contributed by atoms with van der Waals surface area (Å²) >= 11 is 5.02. The van der Waals surface area contributed by atoms with Crippen molar-refractivity contribution in [3.63, 3.8) is 0 Å². The van der Waals surface area contributed by atoms with Gasteiger partial charge in [0.05, 0.1) is 11.8 Å². The molecule has 2 aromatic rings. The molecule has 2 atom stereocenters. The Bertz CT molecular complexity index is 599. The van der Waals surface area contributed by atoms with Gasteiger partial charge in [-0.1, -0.05) is 42.5 Å². The zero-order valence-electron chi connectivity index (χ0n) is 10.3. The molecule has 0 radical (unpaired) electrons. The van der Waals surface area contributed by atoms with E-state index < -0.39 is 0 Å². The third kappa shape index (κ3) is 2.56. The average Bonchev–Trinajstić information content (AvgIpc) is 3.19. The van der Waals surface area contributed by atoms with E-state index >= 15 is 0 Å². The van der Waals surface area contributed by atoms with Gasteiger partial charge in [-0.05, 0) is 18.1 Å². The first-order chi connectivity index (χ1) is 9.25. The van der Waals surface area contributed by atoms with E-state index in [0.717, 1.165) is 12.0 Å². The minimum Gasteiger partial charge on any atom is -0.389 e. The summed E-state index contributed by atoms with van der Waals surface area (Å²) in [4.78, 5) is 0.342. The lowest BCUT2D eigenvalue weighted by molar-refractivity contribution is 0.974. The van der Waals surface area contributed by atoms with E-state index in [9.17, 15) is 0 Å². The molecule has 19 heavy (non-hydrogen) atoms. The molecule has 1 aromatic carbocycles. The number of nitrogens with zero attached hydrogens (tertiary/aromatic N) is 2. The van der Waals surface area contributed by atoms with Gasteiger partial charge < -0.3 is 11.1 Å². The van der Waals surface area contributed by atoms with E-state index in [-0.39, 0.29) is 0 Å². The van der Waals surface area contributed by atoms with E-state index in [1.165, 1.54) is 5.56 Å². The molecular formula is C14H14N4S. The Labute approximate surface area is 117 Å². The summed E-state index contributed by atoms with van der Waals surface area (Å²) in [5, 5.41) is 11.3. The predicted molar refractivity (Wildman–Crippen MR) is 79.1 cm³/mol. The van der Waals surface area contributed by atoms with Gasteiger partial charge in [0.1, 0.15) is 4.99 Å². The third-order valence-electron chi connectivity index (χ3n) is 3.33. The van der Waals surface area contributed by atoms with E-state index in [1.54, 1.807) is 12.3 Å². The number of anilines is 1. The molecule has 3 N–H and O–H groups in total. The number of thiocarbonyl (C=S) groups is 1. The molecule has 96 valence electrons. The molecule has 1 aromatic heterocycles. The van der Waals surface area contributed by atoms with E-state index in [4.69, 9.17) is 18.0 Å². The Morgan fingerprint density at radius 1 is 1.26 bits per heavy atom. The van der Waals surface area contributed by atoms with Crippen LogP contribution in [0.25, 0.3) is 0 Å². The van der Waals surface area contributed by atoms with Crippen molar-refractivity contribution < 1.29 is 0 Å². The van der Waals surface area contributed by atoms with Crippen LogP contribution in [0, 0.1) is 0 Å². The second-order valence-corrected chi connectivity index (χ2v) is 5.10. The van der Waals surface area contributed by atoms with Gasteiger partial charge >= 0.3 is 0 Å². The van der Waals surface area contributed by atoms with E-state index in [0.29, 0.717) is 22.8 Å². The highest BCUT2D eigenvalue weighted by atomic mass is 32.1. The smallest absolute Gasteiger partial charge is 0.159 e. The van der Waals surface area contributed by atoms with Crippen molar-refractivity contribution in [2.75, 3.05) is 5.32 Å². The fourth-order valence-corrected chi connectivity index (χ4v) is 2.40. The number of benzene rings is 1. The molecule has 1 heterocycles. The van der Waals surface area contributed by atoms with E-state index in [2.05, 4.69) is 39.8 Å². The summed E-state index contributed by atoms with van der Waals surface area (Å²) in [5.74, 6) is 1.21. The Hall–Kier alpha value is -2.01. The lowest BCUT2D eigenvalue weighted by Gasteiger charge is -2.08. The summed E-state index contributed by atoms with van der Waals surface area (Å²) in [5.41, 5.74) is 7.78. The highest BCUT2D eigenvalue weighted by Gasteiger charge is 2.38. The number of aromatic nitrogens is 2. The van der Waals surface area contributed by atoms with Crippen molar-refractivity contribution >= 4 is 23.0 Å². The van der Waals surface area contributed by atoms with Crippen molar-refractivity contribution in [3.8, 4) is 0 Å². The summed E-state index contributed by atoms with van der Waals surface area (Å²) in [7, 11) is 0. The molecule has 1 aliphatic rings. The number of rotatable bonds is 4. The van der Waals surface area contributed by atoms with Gasteiger partial charge in [-0.15, -0.1) is 5.10 Å². The molecule has 5 heteroatoms. The van der Waals surface area contributed by atoms with Gasteiger partial charge in [-0.25, -0.2) is 0 Å². The SMILES string of the molecule is NC(=S)c1ccnnc1NC1CC1c1ccccc1. The molecule has 4 nitrogen and oxygen atoms in total. The first-order valence-electron chi connectivity index (χ1n) is 6.18. The first kappa shape index (κ1) is 12.0. The Kier molecular flexibility index (Phi) is 3.13. The number of hydrogen-bond acceptors (Lipinski definition) is 4. The quantitative estimate of drug-likeness (QED) is 0.833. The third-order valence-corrected chi connectivity index (χ3v) is 3.55. The van der Waals surface area contributed by atoms with Crippen molar-refractivity contribution in [1.29, 1.82) is 0 Å². The Balaban J connectivity index is 1.73. The Morgan fingerprint density at radius 2 is 2.05 bits per heavy atom. The molecule has 0 aliphatic heterocycles. The highest BCUT2D eigenvalue weighted by molar-refractivity contribution is 7.80. The van der Waals surface area contributed by atoms with Gasteiger partial charge in [0.2, 0.25) is 0 Å². The topological polar surface area (TPSA) is 63.8 Å². The minimum absolute atomic E-state index is 0.342. The molecule has 0 saturated heterocycles. The van der Waals surface area contributed by atoms with Crippen molar-refractivity contribution in [2.45, 2.75) is 18.4 Å². The maximum atomic E-state index is 5.68. The van der Waals surface area contributed by atoms with Crippen LogP contribution in [0.2, 0.25) is 0 Å². The summed E-state index contributed by atoms with van der Waals surface area (Å²) in [6, 6.07) is 12.6. The molecule has 1 saturated carbocycles. The maximum Gasteiger partial charge on any atom is 0.159 e. The molecule has 3 rings (SSSR count). The van der Waals surface area contributed by atoms with Crippen LogP contribution in [0.1, 0.15) is 23.5 Å². The van der Waals surface area contributed by atoms with Crippen molar-refractivity contribution in [3.05, 3.63) is 53.7 Å². The monoisotopic (exact) mass is 270 g/mol. The first-order valence-corrected chi connectivity index (χ1v) is 6.59. The average molecular weight is 270 g/mol. The molecule has 1 fully saturated rings. The van der Waals surface area contributed by atoms with Gasteiger partial charge in [-0.2, -0.15) is 5.10 Å². The molecule has 0 bridgehead atoms. The van der Waals surface area contributed by atoms with Crippen LogP contribution >= 0.6 is 12.2 Å². The second-order valence-electron chi connectivity index (χ2n) is 4.66. The van der Waals surface area contributed by atoms with E-state index in [1.807, 2.05) is 6.07 Å². The van der Waals surface area contributed by atoms with Crippen molar-refractivity contribution in [1.82, 2.24) is 10.2 Å². The highest BCUT2D eigenvalue weighted by Crippen LogP contribution is 2.42. The summed E-state index contributed by atoms with van der Waals surface area (Å²) in [6.45, 7) is 0. The van der Waals surface area contributed by atoms with Crippen LogP contribution in [0.3, 0.4) is 0 Å². The van der Waals surface area contributed by atoms with Crippen LogP contribution in [-0.4, -0.2) is 21.2 Å². The van der Waals surface area contributed by atoms with Crippen LogP contribution in [0.15, 0.2) is 42.6 Å². The molecule has 1 aliphatic carbocycles. The number of nitrogens with two attached hydrogens (primary N) is 1. The van der Waals surface area contributed by atoms with Crippen LogP contribution in [0.5, 0.6) is 0 Å². The zero-order valence-corrected chi connectivity index (χ0v) is 11.1. The zero-order chi connectivity index (χ0) is 13.2. The lowest BCUT2D eigenvalue weighted by atomic mass is 10.1. The van der Waals surface area contributed by atoms with Crippen LogP contribution in [-0.2, 0) is 0 Å². The minimum atomic E-state index is 0.342. The van der Waals surface area contributed by atoms with Gasteiger partial charge in [0.15, 0.2) is 5.82 Å². The summed E-state index contributed by atoms with van der Waals surface area (Å²) < 4.78 is 0. The maximum absolute atomic E-state index is 5.68. The number of hydrogen-bond donors (Lipinski definition) is 2. The number of nitrogens with one attached hydrogen (secondary N) is 1. The Morgan fingerprint density at radius 3 is 2.79 bits per heavy atom. The lowest BCUT2D eigenvalue weighted by Crippen LogP contribution is -2.16. The second kappa shape index (κ2) is 4.93. The molecular weight excluding hydrogens is 256 g/mol.